The van der Waals surface area contributed by atoms with E-state index in [1.54, 1.807) is 24.3 Å². The lowest BCUT2D eigenvalue weighted by molar-refractivity contribution is -0.139. The molecule has 0 bridgehead atoms. The quantitative estimate of drug-likeness (QED) is 0.384. The summed E-state index contributed by atoms with van der Waals surface area (Å²) in [7, 11) is 6.70. The lowest BCUT2D eigenvalue weighted by Crippen LogP contribution is -2.32. The lowest BCUT2D eigenvalue weighted by Gasteiger charge is -2.26. The number of carbonyl (C=O) groups excluding carboxylic acids is 2. The van der Waals surface area contributed by atoms with E-state index in [0.717, 1.165) is 12.6 Å². The van der Waals surface area contributed by atoms with Crippen molar-refractivity contribution >= 4 is 17.4 Å². The van der Waals surface area contributed by atoms with Gasteiger partial charge in [0, 0.05) is 12.1 Å². The largest absolute Gasteiger partial charge is 0.507 e. The first-order valence-electron chi connectivity index (χ1n) is 10.2. The Hall–Kier alpha value is -3.39. The van der Waals surface area contributed by atoms with Gasteiger partial charge in [-0.3, -0.25) is 9.59 Å². The number of Topliss-reactive ketones (excluding diaryl/α,β-unsaturated/α-hetero) is 1. The molecule has 3 rings (SSSR count). The maximum Gasteiger partial charge on any atom is 0.295 e. The van der Waals surface area contributed by atoms with Gasteiger partial charge in [0.15, 0.2) is 11.6 Å². The molecule has 8 heteroatoms. The van der Waals surface area contributed by atoms with E-state index in [2.05, 4.69) is 0 Å². The number of hydrogen-bond donors (Lipinski definition) is 1. The number of likely N-dealkylation sites (tertiary alicyclic amines) is 1. The molecular formula is C24H27FN2O5. The molecule has 0 saturated carbocycles. The number of carbonyl (C=O) groups is 2. The second-order valence-electron chi connectivity index (χ2n) is 7.78. The van der Waals surface area contributed by atoms with E-state index in [1.807, 2.05) is 19.0 Å². The fourth-order valence-electron chi connectivity index (χ4n) is 3.80. The maximum atomic E-state index is 14.3. The van der Waals surface area contributed by atoms with Gasteiger partial charge in [-0.15, -0.1) is 0 Å². The van der Waals surface area contributed by atoms with Crippen molar-refractivity contribution in [1.29, 1.82) is 0 Å². The Labute approximate surface area is 186 Å². The van der Waals surface area contributed by atoms with Crippen LogP contribution in [0.25, 0.3) is 5.76 Å². The third-order valence-electron chi connectivity index (χ3n) is 5.38. The highest BCUT2D eigenvalue weighted by Crippen LogP contribution is 2.40. The number of aliphatic hydroxyl groups is 1. The number of halogens is 1. The average molecular weight is 442 g/mol. The fourth-order valence-corrected chi connectivity index (χ4v) is 3.80. The second kappa shape index (κ2) is 9.82. The molecular weight excluding hydrogens is 415 g/mol. The number of ether oxygens (including phenoxy) is 2. The Kier molecular flexibility index (Phi) is 7.15. The average Bonchev–Trinajstić information content (AvgIpc) is 3.03. The minimum Gasteiger partial charge on any atom is -0.507 e. The molecule has 1 atom stereocenters. The molecule has 1 amide bonds. The number of benzene rings is 2. The van der Waals surface area contributed by atoms with E-state index >= 15 is 0 Å². The molecule has 1 fully saturated rings. The highest BCUT2D eigenvalue weighted by molar-refractivity contribution is 6.46. The van der Waals surface area contributed by atoms with Crippen LogP contribution >= 0.6 is 0 Å². The van der Waals surface area contributed by atoms with E-state index in [0.29, 0.717) is 24.3 Å². The number of hydrogen-bond acceptors (Lipinski definition) is 6. The minimum absolute atomic E-state index is 0.00929. The zero-order valence-electron chi connectivity index (χ0n) is 18.6. The van der Waals surface area contributed by atoms with Crippen LogP contribution in [0.5, 0.6) is 11.5 Å². The van der Waals surface area contributed by atoms with Crippen molar-refractivity contribution in [3.05, 3.63) is 65.0 Å². The number of methoxy groups -OCH3 is 2. The summed E-state index contributed by atoms with van der Waals surface area (Å²) in [6.45, 7) is 1.04. The predicted octanol–water partition coefficient (Wildman–Crippen LogP) is 3.22. The first kappa shape index (κ1) is 23.3. The van der Waals surface area contributed by atoms with Gasteiger partial charge in [-0.25, -0.2) is 4.39 Å². The molecule has 7 nitrogen and oxygen atoms in total. The summed E-state index contributed by atoms with van der Waals surface area (Å²) in [4.78, 5) is 29.4. The molecule has 1 aliphatic rings. The van der Waals surface area contributed by atoms with Gasteiger partial charge < -0.3 is 24.4 Å². The van der Waals surface area contributed by atoms with Crippen molar-refractivity contribution in [3.63, 3.8) is 0 Å². The van der Waals surface area contributed by atoms with Gasteiger partial charge in [-0.1, -0.05) is 12.1 Å². The van der Waals surface area contributed by atoms with E-state index in [-0.39, 0.29) is 16.9 Å². The second-order valence-corrected chi connectivity index (χ2v) is 7.78. The van der Waals surface area contributed by atoms with Crippen LogP contribution in [0.3, 0.4) is 0 Å². The molecule has 0 radical (unpaired) electrons. The Bertz CT molecular complexity index is 1050. The molecule has 2 aromatic rings. The van der Waals surface area contributed by atoms with E-state index in [4.69, 9.17) is 9.47 Å². The normalized spacial score (nSPS) is 17.8. The Balaban J connectivity index is 2.12. The molecule has 2 aromatic carbocycles. The smallest absolute Gasteiger partial charge is 0.295 e. The number of rotatable bonds is 8. The third kappa shape index (κ3) is 4.60. The highest BCUT2D eigenvalue weighted by atomic mass is 19.1. The van der Waals surface area contributed by atoms with E-state index in [9.17, 15) is 19.1 Å². The van der Waals surface area contributed by atoms with Crippen LogP contribution < -0.4 is 9.47 Å². The van der Waals surface area contributed by atoms with Gasteiger partial charge in [0.25, 0.3) is 11.7 Å². The summed E-state index contributed by atoms with van der Waals surface area (Å²) in [5.74, 6) is -2.07. The van der Waals surface area contributed by atoms with Gasteiger partial charge >= 0.3 is 0 Å². The molecule has 1 saturated heterocycles. The van der Waals surface area contributed by atoms with Gasteiger partial charge in [-0.05, 0) is 63.0 Å². The third-order valence-corrected chi connectivity index (χ3v) is 5.38. The molecule has 0 unspecified atom stereocenters. The summed E-state index contributed by atoms with van der Waals surface area (Å²) in [6.07, 6.45) is 0.637. The maximum absolute atomic E-state index is 14.3. The zero-order valence-corrected chi connectivity index (χ0v) is 18.6. The van der Waals surface area contributed by atoms with Gasteiger partial charge in [-0.2, -0.15) is 0 Å². The number of nitrogens with zero attached hydrogens (tertiary/aromatic N) is 2. The SMILES string of the molecule is COc1cccc([C@@H]2/C(=C(\O)c3ccc(OC)c(F)c3)C(=O)C(=O)N2CCCN(C)C)c1. The first-order chi connectivity index (χ1) is 15.3. The summed E-state index contributed by atoms with van der Waals surface area (Å²) in [5.41, 5.74) is 0.615. The highest BCUT2D eigenvalue weighted by Gasteiger charge is 2.46. The molecule has 1 heterocycles. The Morgan fingerprint density at radius 1 is 1.12 bits per heavy atom. The predicted molar refractivity (Wildman–Crippen MR) is 118 cm³/mol. The minimum atomic E-state index is -0.822. The van der Waals surface area contributed by atoms with Crippen molar-refractivity contribution in [3.8, 4) is 11.5 Å². The van der Waals surface area contributed by atoms with Crippen molar-refractivity contribution in [2.45, 2.75) is 12.5 Å². The van der Waals surface area contributed by atoms with Crippen LogP contribution in [-0.2, 0) is 9.59 Å². The topological polar surface area (TPSA) is 79.3 Å². The van der Waals surface area contributed by atoms with Crippen LogP contribution in [0.4, 0.5) is 4.39 Å². The number of ketones is 1. The van der Waals surface area contributed by atoms with Crippen molar-refractivity contribution in [1.82, 2.24) is 9.80 Å². The molecule has 32 heavy (non-hydrogen) atoms. The molecule has 170 valence electrons. The van der Waals surface area contributed by atoms with Crippen molar-refractivity contribution < 1.29 is 28.6 Å². The molecule has 0 aliphatic carbocycles. The number of aliphatic hydroxyl groups excluding tert-OH is 1. The summed E-state index contributed by atoms with van der Waals surface area (Å²) < 4.78 is 24.5. The standard InChI is InChI=1S/C24H27FN2O5/c1-26(2)11-6-12-27-21(15-7-5-8-17(13-15)31-3)20(23(29)24(27)30)22(28)16-9-10-19(32-4)18(25)14-16/h5,7-10,13-14,21,28H,6,11-12H2,1-4H3/b22-20+/t21-/m1/s1. The van der Waals surface area contributed by atoms with E-state index in [1.165, 1.54) is 31.3 Å². The van der Waals surface area contributed by atoms with Gasteiger partial charge in [0.1, 0.15) is 11.5 Å². The van der Waals surface area contributed by atoms with Crippen LogP contribution in [-0.4, -0.2) is 68.0 Å². The number of amides is 1. The van der Waals surface area contributed by atoms with Crippen LogP contribution in [0, 0.1) is 5.82 Å². The lowest BCUT2D eigenvalue weighted by atomic mass is 9.95. The molecule has 0 aromatic heterocycles. The van der Waals surface area contributed by atoms with Crippen LogP contribution in [0.15, 0.2) is 48.0 Å². The summed E-state index contributed by atoms with van der Waals surface area (Å²) >= 11 is 0. The monoisotopic (exact) mass is 442 g/mol. The molecule has 1 aliphatic heterocycles. The van der Waals surface area contributed by atoms with Gasteiger partial charge in [0.05, 0.1) is 25.8 Å². The van der Waals surface area contributed by atoms with Crippen molar-refractivity contribution in [2.75, 3.05) is 41.4 Å². The molecule has 0 spiro atoms. The first-order valence-corrected chi connectivity index (χ1v) is 10.2. The Morgan fingerprint density at radius 2 is 1.88 bits per heavy atom. The molecule has 1 N–H and O–H groups in total. The van der Waals surface area contributed by atoms with Gasteiger partial charge in [0.2, 0.25) is 0 Å². The van der Waals surface area contributed by atoms with E-state index < -0.39 is 29.3 Å². The Morgan fingerprint density at radius 3 is 2.50 bits per heavy atom. The fraction of sp³-hybridized carbons (Fsp3) is 0.333. The van der Waals surface area contributed by atoms with Crippen LogP contribution in [0.1, 0.15) is 23.6 Å². The zero-order chi connectivity index (χ0) is 23.4. The van der Waals surface area contributed by atoms with Crippen LogP contribution in [0.2, 0.25) is 0 Å². The van der Waals surface area contributed by atoms with Crippen molar-refractivity contribution in [2.24, 2.45) is 0 Å². The summed E-state index contributed by atoms with van der Waals surface area (Å²) in [6, 6.07) is 10.0. The summed E-state index contributed by atoms with van der Waals surface area (Å²) in [5, 5.41) is 11.0.